The molecule has 4 heterocycles. The molecule has 1 fully saturated rings. The number of carbonyl (C=O) groups excluding carboxylic acids is 1. The number of nitrogens with zero attached hydrogens (tertiary/aromatic N) is 5. The third kappa shape index (κ3) is 4.88. The third-order valence-corrected chi connectivity index (χ3v) is 5.79. The molecular formula is C22H24N6OS. The van der Waals surface area contributed by atoms with Crippen molar-refractivity contribution >= 4 is 34.3 Å². The fraction of sp³-hybridized carbons (Fsp3) is 0.318. The van der Waals surface area contributed by atoms with Gasteiger partial charge in [-0.1, -0.05) is 6.07 Å². The summed E-state index contributed by atoms with van der Waals surface area (Å²) in [5.74, 6) is 1.35. The molecule has 0 saturated carbocycles. The highest BCUT2D eigenvalue weighted by molar-refractivity contribution is 7.13. The van der Waals surface area contributed by atoms with Gasteiger partial charge in [-0.15, -0.1) is 11.3 Å². The number of aromatic nitrogens is 4. The van der Waals surface area contributed by atoms with Crippen molar-refractivity contribution in [1.29, 1.82) is 0 Å². The quantitative estimate of drug-likeness (QED) is 0.614. The van der Waals surface area contributed by atoms with Crippen molar-refractivity contribution in [3.8, 4) is 0 Å². The van der Waals surface area contributed by atoms with Gasteiger partial charge in [0.2, 0.25) is 5.91 Å². The van der Waals surface area contributed by atoms with Crippen LogP contribution in [0.5, 0.6) is 0 Å². The van der Waals surface area contributed by atoms with Gasteiger partial charge in [0.15, 0.2) is 11.0 Å². The number of rotatable bonds is 5. The fourth-order valence-electron chi connectivity index (χ4n) is 3.53. The summed E-state index contributed by atoms with van der Waals surface area (Å²) >= 11 is 1.54. The molecule has 1 aliphatic heterocycles. The molecule has 0 spiro atoms. The van der Waals surface area contributed by atoms with E-state index in [1.165, 1.54) is 0 Å². The normalized spacial score (nSPS) is 16.7. The first-order chi connectivity index (χ1) is 14.6. The first kappa shape index (κ1) is 20.2. The van der Waals surface area contributed by atoms with Crippen molar-refractivity contribution in [2.75, 3.05) is 11.9 Å². The van der Waals surface area contributed by atoms with E-state index in [2.05, 4.69) is 20.3 Å². The molecule has 1 saturated heterocycles. The van der Waals surface area contributed by atoms with Crippen molar-refractivity contribution < 1.29 is 4.79 Å². The number of hydrogen-bond donors (Lipinski definition) is 1. The average Bonchev–Trinajstić information content (AvgIpc) is 3.16. The smallest absolute Gasteiger partial charge is 0.247 e. The van der Waals surface area contributed by atoms with Crippen LogP contribution in [-0.4, -0.2) is 37.3 Å². The van der Waals surface area contributed by atoms with E-state index in [9.17, 15) is 4.79 Å². The molecule has 7 nitrogen and oxygen atoms in total. The van der Waals surface area contributed by atoms with E-state index >= 15 is 0 Å². The molecule has 0 radical (unpaired) electrons. The lowest BCUT2D eigenvalue weighted by Crippen LogP contribution is -2.38. The number of hydrogen-bond acceptors (Lipinski definition) is 7. The van der Waals surface area contributed by atoms with Crippen LogP contribution in [0.1, 0.15) is 48.1 Å². The topological polar surface area (TPSA) is 83.9 Å². The highest BCUT2D eigenvalue weighted by Gasteiger charge is 2.29. The molecule has 0 unspecified atom stereocenters. The van der Waals surface area contributed by atoms with Gasteiger partial charge in [-0.05, 0) is 50.8 Å². The second-order valence-corrected chi connectivity index (χ2v) is 8.19. The lowest BCUT2D eigenvalue weighted by atomic mass is 10.0. The number of aryl methyl sites for hydroxylation is 2. The van der Waals surface area contributed by atoms with Crippen LogP contribution >= 0.6 is 11.3 Å². The number of likely N-dealkylation sites (tertiary alicyclic amines) is 1. The monoisotopic (exact) mass is 420 g/mol. The molecule has 3 aromatic heterocycles. The van der Waals surface area contributed by atoms with Crippen LogP contribution in [0.3, 0.4) is 0 Å². The van der Waals surface area contributed by atoms with Gasteiger partial charge in [0.25, 0.3) is 0 Å². The lowest BCUT2D eigenvalue weighted by Gasteiger charge is -2.34. The summed E-state index contributed by atoms with van der Waals surface area (Å²) in [4.78, 5) is 32.8. The molecule has 1 atom stereocenters. The van der Waals surface area contributed by atoms with Crippen molar-refractivity contribution in [1.82, 2.24) is 24.8 Å². The summed E-state index contributed by atoms with van der Waals surface area (Å²) < 4.78 is 0. The summed E-state index contributed by atoms with van der Waals surface area (Å²) in [6, 6.07) is 5.54. The highest BCUT2D eigenvalue weighted by Crippen LogP contribution is 2.30. The van der Waals surface area contributed by atoms with Crippen LogP contribution in [0, 0.1) is 13.8 Å². The molecule has 0 aliphatic carbocycles. The minimum Gasteiger partial charge on any atom is -0.329 e. The van der Waals surface area contributed by atoms with Gasteiger partial charge < -0.3 is 10.2 Å². The van der Waals surface area contributed by atoms with E-state index in [1.54, 1.807) is 35.9 Å². The Morgan fingerprint density at radius 3 is 2.90 bits per heavy atom. The summed E-state index contributed by atoms with van der Waals surface area (Å²) in [5.41, 5.74) is 2.73. The molecule has 1 N–H and O–H groups in total. The second kappa shape index (κ2) is 9.13. The summed E-state index contributed by atoms with van der Waals surface area (Å²) in [6.45, 7) is 4.61. The Bertz CT molecular complexity index is 1050. The molecular weight excluding hydrogens is 396 g/mol. The molecule has 3 aromatic rings. The molecule has 0 bridgehead atoms. The van der Waals surface area contributed by atoms with Gasteiger partial charge in [-0.2, -0.15) is 0 Å². The Balaban J connectivity index is 1.56. The maximum Gasteiger partial charge on any atom is 0.247 e. The first-order valence-corrected chi connectivity index (χ1v) is 10.9. The largest absolute Gasteiger partial charge is 0.329 e. The second-order valence-electron chi connectivity index (χ2n) is 7.33. The number of carbonyl (C=O) groups is 1. The first-order valence-electron chi connectivity index (χ1n) is 10.0. The summed E-state index contributed by atoms with van der Waals surface area (Å²) in [5, 5.41) is 6.06. The molecule has 154 valence electrons. The van der Waals surface area contributed by atoms with Crippen molar-refractivity contribution in [3.05, 3.63) is 64.8 Å². The predicted molar refractivity (Wildman–Crippen MR) is 118 cm³/mol. The Morgan fingerprint density at radius 2 is 2.13 bits per heavy atom. The zero-order chi connectivity index (χ0) is 20.9. The van der Waals surface area contributed by atoms with Crippen molar-refractivity contribution in [3.63, 3.8) is 0 Å². The van der Waals surface area contributed by atoms with Crippen LogP contribution in [-0.2, 0) is 4.79 Å². The molecule has 1 aliphatic rings. The summed E-state index contributed by atoms with van der Waals surface area (Å²) in [7, 11) is 0. The number of thiazole rings is 1. The van der Waals surface area contributed by atoms with Crippen molar-refractivity contribution in [2.45, 2.75) is 39.2 Å². The maximum atomic E-state index is 13.0. The van der Waals surface area contributed by atoms with Crippen LogP contribution in [0.4, 0.5) is 10.9 Å². The van der Waals surface area contributed by atoms with Crippen LogP contribution in [0.25, 0.3) is 6.08 Å². The van der Waals surface area contributed by atoms with Crippen LogP contribution < -0.4 is 5.32 Å². The average molecular weight is 421 g/mol. The predicted octanol–water partition coefficient (Wildman–Crippen LogP) is 4.46. The third-order valence-electron chi connectivity index (χ3n) is 4.91. The SMILES string of the molecule is Cc1cc(Nc2nc(C)cs2)nc([C@@H]2CCCCN2C(=O)/C=C/c2cccnc2)n1. The van der Waals surface area contributed by atoms with Crippen LogP contribution in [0.2, 0.25) is 0 Å². The van der Waals surface area contributed by atoms with E-state index in [-0.39, 0.29) is 11.9 Å². The Labute approximate surface area is 179 Å². The van der Waals surface area contributed by atoms with Gasteiger partial charge in [-0.3, -0.25) is 9.78 Å². The fourth-order valence-corrected chi connectivity index (χ4v) is 4.22. The number of pyridine rings is 1. The standard InChI is InChI=1S/C22H24N6OS/c1-15-12-19(27-22-25-16(2)14-30-22)26-21(24-15)18-7-3-4-11-28(18)20(29)9-8-17-6-5-10-23-13-17/h5-6,8-10,12-14,18H,3-4,7,11H2,1-2H3,(H,24,25,26,27)/b9-8+/t18-/m0/s1. The molecule has 0 aromatic carbocycles. The van der Waals surface area contributed by atoms with Gasteiger partial charge >= 0.3 is 0 Å². The lowest BCUT2D eigenvalue weighted by molar-refractivity contribution is -0.129. The van der Waals surface area contributed by atoms with E-state index in [4.69, 9.17) is 4.98 Å². The molecule has 30 heavy (non-hydrogen) atoms. The van der Waals surface area contributed by atoms with Crippen molar-refractivity contribution in [2.24, 2.45) is 0 Å². The summed E-state index contributed by atoms with van der Waals surface area (Å²) in [6.07, 6.45) is 9.75. The van der Waals surface area contributed by atoms with E-state index in [0.717, 1.165) is 41.3 Å². The van der Waals surface area contributed by atoms with E-state index < -0.39 is 0 Å². The zero-order valence-corrected chi connectivity index (χ0v) is 17.9. The number of amides is 1. The van der Waals surface area contributed by atoms with Gasteiger partial charge in [0.05, 0.1) is 11.7 Å². The number of piperidine rings is 1. The minimum absolute atomic E-state index is 0.0290. The number of nitrogens with one attached hydrogen (secondary N) is 1. The Hall–Kier alpha value is -3.13. The van der Waals surface area contributed by atoms with Gasteiger partial charge in [0, 0.05) is 42.2 Å². The maximum absolute atomic E-state index is 13.0. The van der Waals surface area contributed by atoms with Gasteiger partial charge in [-0.25, -0.2) is 15.0 Å². The minimum atomic E-state index is -0.136. The zero-order valence-electron chi connectivity index (χ0n) is 17.1. The van der Waals surface area contributed by atoms with Crippen LogP contribution in [0.15, 0.2) is 42.0 Å². The Kier molecular flexibility index (Phi) is 6.13. The van der Waals surface area contributed by atoms with E-state index in [1.807, 2.05) is 42.3 Å². The highest BCUT2D eigenvalue weighted by atomic mass is 32.1. The van der Waals surface area contributed by atoms with E-state index in [0.29, 0.717) is 18.2 Å². The molecule has 4 rings (SSSR count). The van der Waals surface area contributed by atoms with Gasteiger partial charge in [0.1, 0.15) is 5.82 Å². The molecule has 1 amide bonds. The number of anilines is 2. The Morgan fingerprint density at radius 1 is 1.23 bits per heavy atom. The molecule has 8 heteroatoms.